The number of sulfonamides is 1. The van der Waals surface area contributed by atoms with Crippen LogP contribution in [0.3, 0.4) is 0 Å². The van der Waals surface area contributed by atoms with E-state index in [1.165, 1.54) is 17.7 Å². The smallest absolute Gasteiger partial charge is 0.254 e. The van der Waals surface area contributed by atoms with Gasteiger partial charge in [-0.2, -0.15) is 0 Å². The molecule has 33 heavy (non-hydrogen) atoms. The fraction of sp³-hybridized carbons (Fsp3) is 0.308. The predicted octanol–water partition coefficient (Wildman–Crippen LogP) is 4.17. The molecule has 1 aliphatic carbocycles. The van der Waals surface area contributed by atoms with Crippen LogP contribution in [0, 0.1) is 5.92 Å². The molecule has 0 unspecified atom stereocenters. The van der Waals surface area contributed by atoms with Crippen LogP contribution in [0.1, 0.15) is 46.8 Å². The number of aryl methyl sites for hydroxylation is 1. The Morgan fingerprint density at radius 3 is 2.39 bits per heavy atom. The lowest BCUT2D eigenvalue weighted by atomic mass is 10.1. The average Bonchev–Trinajstić information content (AvgIpc) is 3.68. The molecule has 2 aromatic carbocycles. The van der Waals surface area contributed by atoms with Crippen LogP contribution in [-0.4, -0.2) is 30.8 Å². The Labute approximate surface area is 195 Å². The molecule has 172 valence electrons. The van der Waals surface area contributed by atoms with E-state index in [0.29, 0.717) is 31.1 Å². The van der Waals surface area contributed by atoms with Gasteiger partial charge in [-0.3, -0.25) is 9.78 Å². The second-order valence-electron chi connectivity index (χ2n) is 8.52. The highest BCUT2D eigenvalue weighted by Gasteiger charge is 2.25. The second kappa shape index (κ2) is 10.3. The minimum atomic E-state index is -3.65. The van der Waals surface area contributed by atoms with Crippen LogP contribution in [0.5, 0.6) is 0 Å². The van der Waals surface area contributed by atoms with E-state index in [4.69, 9.17) is 0 Å². The van der Waals surface area contributed by atoms with Crippen molar-refractivity contribution in [2.75, 3.05) is 6.54 Å². The van der Waals surface area contributed by atoms with E-state index in [2.05, 4.69) is 28.8 Å². The van der Waals surface area contributed by atoms with E-state index in [-0.39, 0.29) is 10.8 Å². The number of rotatable bonds is 10. The summed E-state index contributed by atoms with van der Waals surface area (Å²) in [6, 6.07) is 18.3. The molecule has 0 bridgehead atoms. The van der Waals surface area contributed by atoms with Crippen molar-refractivity contribution in [1.29, 1.82) is 0 Å². The topological polar surface area (TPSA) is 79.4 Å². The first-order valence-electron chi connectivity index (χ1n) is 11.3. The molecule has 1 aromatic heterocycles. The summed E-state index contributed by atoms with van der Waals surface area (Å²) in [7, 11) is -3.65. The number of carbonyl (C=O) groups excluding carboxylic acids is 1. The third kappa shape index (κ3) is 6.27. The van der Waals surface area contributed by atoms with E-state index in [0.717, 1.165) is 30.4 Å². The third-order valence-electron chi connectivity index (χ3n) is 5.84. The Bertz CT molecular complexity index is 1190. The first-order valence-corrected chi connectivity index (χ1v) is 12.8. The maximum Gasteiger partial charge on any atom is 0.254 e. The van der Waals surface area contributed by atoms with E-state index in [1.54, 1.807) is 29.4 Å². The number of nitrogens with one attached hydrogen (secondary N) is 1. The molecule has 1 fully saturated rings. The summed E-state index contributed by atoms with van der Waals surface area (Å²) >= 11 is 0. The van der Waals surface area contributed by atoms with Gasteiger partial charge in [-0.25, -0.2) is 13.1 Å². The van der Waals surface area contributed by atoms with Gasteiger partial charge in [0.2, 0.25) is 10.0 Å². The van der Waals surface area contributed by atoms with Crippen LogP contribution in [0.4, 0.5) is 0 Å². The first kappa shape index (κ1) is 23.1. The van der Waals surface area contributed by atoms with Crippen molar-refractivity contribution in [2.45, 2.75) is 44.2 Å². The highest BCUT2D eigenvalue weighted by Crippen LogP contribution is 2.28. The summed E-state index contributed by atoms with van der Waals surface area (Å²) in [6.07, 6.45) is 6.51. The monoisotopic (exact) mass is 463 g/mol. The van der Waals surface area contributed by atoms with Crippen molar-refractivity contribution in [2.24, 2.45) is 5.92 Å². The van der Waals surface area contributed by atoms with E-state index < -0.39 is 10.0 Å². The highest BCUT2D eigenvalue weighted by atomic mass is 32.2. The minimum Gasteiger partial charge on any atom is -0.330 e. The van der Waals surface area contributed by atoms with E-state index in [9.17, 15) is 13.2 Å². The van der Waals surface area contributed by atoms with Gasteiger partial charge in [-0.15, -0.1) is 0 Å². The highest BCUT2D eigenvalue weighted by molar-refractivity contribution is 7.89. The summed E-state index contributed by atoms with van der Waals surface area (Å²) in [5.41, 5.74) is 3.50. The zero-order chi connectivity index (χ0) is 23.3. The summed E-state index contributed by atoms with van der Waals surface area (Å²) in [6.45, 7) is 3.34. The molecule has 1 N–H and O–H groups in total. The second-order valence-corrected chi connectivity index (χ2v) is 10.3. The van der Waals surface area contributed by atoms with Crippen LogP contribution in [-0.2, 0) is 29.5 Å². The fourth-order valence-corrected chi connectivity index (χ4v) is 4.79. The molecule has 0 aliphatic heterocycles. The lowest BCUT2D eigenvalue weighted by Crippen LogP contribution is -2.31. The lowest BCUT2D eigenvalue weighted by Gasteiger charge is -2.23. The molecule has 7 heteroatoms. The largest absolute Gasteiger partial charge is 0.330 e. The summed E-state index contributed by atoms with van der Waals surface area (Å²) in [5, 5.41) is 0. The Hall–Kier alpha value is -3.03. The van der Waals surface area contributed by atoms with Crippen molar-refractivity contribution in [3.05, 3.63) is 95.3 Å². The molecule has 0 radical (unpaired) electrons. The maximum absolute atomic E-state index is 13.5. The Morgan fingerprint density at radius 1 is 1.00 bits per heavy atom. The molecule has 0 spiro atoms. The van der Waals surface area contributed by atoms with Crippen LogP contribution in [0.15, 0.2) is 78.0 Å². The van der Waals surface area contributed by atoms with Crippen molar-refractivity contribution in [3.8, 4) is 0 Å². The number of nitrogens with zero attached hydrogens (tertiary/aromatic N) is 2. The van der Waals surface area contributed by atoms with Crippen molar-refractivity contribution in [3.63, 3.8) is 0 Å². The maximum atomic E-state index is 13.5. The Morgan fingerprint density at radius 2 is 1.73 bits per heavy atom. The lowest BCUT2D eigenvalue weighted by molar-refractivity contribution is 0.0729. The van der Waals surface area contributed by atoms with Crippen molar-refractivity contribution >= 4 is 15.9 Å². The van der Waals surface area contributed by atoms with Crippen LogP contribution < -0.4 is 4.72 Å². The fourth-order valence-electron chi connectivity index (χ4n) is 3.62. The van der Waals surface area contributed by atoms with Gasteiger partial charge < -0.3 is 4.90 Å². The number of pyridine rings is 1. The van der Waals surface area contributed by atoms with Gasteiger partial charge >= 0.3 is 0 Å². The van der Waals surface area contributed by atoms with Crippen molar-refractivity contribution < 1.29 is 13.2 Å². The Kier molecular flexibility index (Phi) is 7.20. The molecule has 4 rings (SSSR count). The van der Waals surface area contributed by atoms with Gasteiger partial charge in [0.05, 0.1) is 4.90 Å². The SMILES string of the molecule is CCc1ccc(CN(Cc2cccnc2)C(=O)c2cccc(S(=O)(=O)NCC3CC3)c2)cc1. The van der Waals surface area contributed by atoms with Gasteiger partial charge in [-0.05, 0) is 66.1 Å². The van der Waals surface area contributed by atoms with Gasteiger partial charge in [0.25, 0.3) is 5.91 Å². The average molecular weight is 464 g/mol. The number of amides is 1. The summed E-state index contributed by atoms with van der Waals surface area (Å²) in [5.74, 6) is 0.205. The number of aromatic nitrogens is 1. The minimum absolute atomic E-state index is 0.114. The number of hydrogen-bond donors (Lipinski definition) is 1. The third-order valence-corrected chi connectivity index (χ3v) is 7.26. The van der Waals surface area contributed by atoms with Crippen LogP contribution in [0.25, 0.3) is 0 Å². The molecule has 1 amide bonds. The normalized spacial score (nSPS) is 13.6. The zero-order valence-electron chi connectivity index (χ0n) is 18.8. The van der Waals surface area contributed by atoms with Crippen molar-refractivity contribution in [1.82, 2.24) is 14.6 Å². The first-order chi connectivity index (χ1) is 15.9. The van der Waals surface area contributed by atoms with E-state index in [1.807, 2.05) is 24.3 Å². The van der Waals surface area contributed by atoms with Gasteiger partial charge in [-0.1, -0.05) is 43.3 Å². The van der Waals surface area contributed by atoms with Gasteiger partial charge in [0, 0.05) is 37.6 Å². The van der Waals surface area contributed by atoms with Gasteiger partial charge in [0.1, 0.15) is 0 Å². The number of hydrogen-bond acceptors (Lipinski definition) is 4. The van der Waals surface area contributed by atoms with Gasteiger partial charge in [0.15, 0.2) is 0 Å². The summed E-state index contributed by atoms with van der Waals surface area (Å²) < 4.78 is 28.1. The standard InChI is InChI=1S/C26H29N3O3S/c1-2-20-8-12-22(13-9-20)18-29(19-23-5-4-14-27-16-23)26(30)24-6-3-7-25(15-24)33(31,32)28-17-21-10-11-21/h3-9,12-16,21,28H,2,10-11,17-19H2,1H3. The zero-order valence-corrected chi connectivity index (χ0v) is 19.6. The molecule has 3 aromatic rings. The molecular formula is C26H29N3O3S. The molecule has 1 saturated carbocycles. The van der Waals surface area contributed by atoms with E-state index >= 15 is 0 Å². The number of benzene rings is 2. The molecule has 0 saturated heterocycles. The molecular weight excluding hydrogens is 434 g/mol. The molecule has 0 atom stereocenters. The molecule has 6 nitrogen and oxygen atoms in total. The predicted molar refractivity (Wildman–Crippen MR) is 128 cm³/mol. The molecule has 1 aliphatic rings. The molecule has 1 heterocycles. The Balaban J connectivity index is 1.58. The number of carbonyl (C=O) groups is 1. The van der Waals surface area contributed by atoms with Crippen LogP contribution >= 0.6 is 0 Å². The quantitative estimate of drug-likeness (QED) is 0.489. The summed E-state index contributed by atoms with van der Waals surface area (Å²) in [4.78, 5) is 19.5. The van der Waals surface area contributed by atoms with Crippen LogP contribution in [0.2, 0.25) is 0 Å².